The van der Waals surface area contributed by atoms with Gasteiger partial charge >= 0.3 is 0 Å². The highest BCUT2D eigenvalue weighted by atomic mass is 16.5. The molecule has 3 aromatic rings. The van der Waals surface area contributed by atoms with Gasteiger partial charge in [-0.15, -0.1) is 0 Å². The van der Waals surface area contributed by atoms with E-state index in [2.05, 4.69) is 9.97 Å². The van der Waals surface area contributed by atoms with E-state index in [1.165, 1.54) is 0 Å². The van der Waals surface area contributed by atoms with E-state index in [-0.39, 0.29) is 5.78 Å². The van der Waals surface area contributed by atoms with Crippen LogP contribution in [0.4, 0.5) is 0 Å². The van der Waals surface area contributed by atoms with Gasteiger partial charge in [-0.3, -0.25) is 4.79 Å². The Morgan fingerprint density at radius 2 is 1.89 bits per heavy atom. The molecule has 0 aliphatic carbocycles. The van der Waals surface area contributed by atoms with Crippen molar-refractivity contribution in [3.8, 4) is 6.01 Å². The fourth-order valence-corrected chi connectivity index (χ4v) is 1.98. The highest BCUT2D eigenvalue weighted by Gasteiger charge is 2.10. The van der Waals surface area contributed by atoms with E-state index >= 15 is 0 Å². The summed E-state index contributed by atoms with van der Waals surface area (Å²) in [5, 5.41) is 0. The smallest absolute Gasteiger partial charge is 0.294 e. The standard InChI is InChI=1S/C15H12N2O2/c1-19-15-16-12-8-7-11(9-13(12)17-15)14(18)10-5-3-2-4-6-10/h2-9H,1H3,(H,16,17). The average molecular weight is 252 g/mol. The molecule has 1 aromatic heterocycles. The number of nitrogens with one attached hydrogen (secondary N) is 1. The summed E-state index contributed by atoms with van der Waals surface area (Å²) < 4.78 is 5.03. The maximum absolute atomic E-state index is 12.3. The van der Waals surface area contributed by atoms with Crippen LogP contribution in [0.1, 0.15) is 15.9 Å². The van der Waals surface area contributed by atoms with Crippen LogP contribution in [0.2, 0.25) is 0 Å². The molecule has 1 heterocycles. The Balaban J connectivity index is 2.03. The summed E-state index contributed by atoms with van der Waals surface area (Å²) in [6.07, 6.45) is 0. The third kappa shape index (κ3) is 2.08. The fourth-order valence-electron chi connectivity index (χ4n) is 1.98. The van der Waals surface area contributed by atoms with Crippen LogP contribution in [-0.4, -0.2) is 22.9 Å². The number of nitrogens with zero attached hydrogens (tertiary/aromatic N) is 1. The Kier molecular flexibility index (Phi) is 2.76. The fraction of sp³-hybridized carbons (Fsp3) is 0.0667. The van der Waals surface area contributed by atoms with E-state index in [9.17, 15) is 4.79 Å². The molecule has 0 unspecified atom stereocenters. The summed E-state index contributed by atoms with van der Waals surface area (Å²) in [6.45, 7) is 0. The van der Waals surface area contributed by atoms with Crippen molar-refractivity contribution in [2.75, 3.05) is 7.11 Å². The molecule has 0 amide bonds. The molecule has 0 spiro atoms. The SMILES string of the molecule is COc1nc2ccc(C(=O)c3ccccc3)cc2[nH]1. The number of ether oxygens (including phenoxy) is 1. The zero-order chi connectivity index (χ0) is 13.2. The molecule has 2 aromatic carbocycles. The molecule has 4 heteroatoms. The number of hydrogen-bond donors (Lipinski definition) is 1. The molecular weight excluding hydrogens is 240 g/mol. The summed E-state index contributed by atoms with van der Waals surface area (Å²) in [4.78, 5) is 19.5. The molecule has 0 bridgehead atoms. The Bertz CT molecular complexity index is 732. The van der Waals surface area contributed by atoms with Gasteiger partial charge in [0.05, 0.1) is 18.1 Å². The van der Waals surface area contributed by atoms with Crippen molar-refractivity contribution in [2.45, 2.75) is 0 Å². The van der Waals surface area contributed by atoms with E-state index in [1.54, 1.807) is 31.4 Å². The quantitative estimate of drug-likeness (QED) is 0.729. The van der Waals surface area contributed by atoms with E-state index in [0.29, 0.717) is 17.1 Å². The molecule has 0 atom stereocenters. The molecule has 1 N–H and O–H groups in total. The van der Waals surface area contributed by atoms with Crippen molar-refractivity contribution in [1.82, 2.24) is 9.97 Å². The van der Waals surface area contributed by atoms with Gasteiger partial charge in [-0.1, -0.05) is 30.3 Å². The van der Waals surface area contributed by atoms with Crippen LogP contribution < -0.4 is 4.74 Å². The molecule has 19 heavy (non-hydrogen) atoms. The Labute approximate surface area is 110 Å². The van der Waals surface area contributed by atoms with Crippen molar-refractivity contribution in [1.29, 1.82) is 0 Å². The van der Waals surface area contributed by atoms with Crippen molar-refractivity contribution in [3.63, 3.8) is 0 Å². The highest BCUT2D eigenvalue weighted by molar-refractivity contribution is 6.10. The minimum Gasteiger partial charge on any atom is -0.468 e. The van der Waals surface area contributed by atoms with Gasteiger partial charge in [0, 0.05) is 11.1 Å². The van der Waals surface area contributed by atoms with Gasteiger partial charge in [0.2, 0.25) is 0 Å². The molecule has 0 aliphatic rings. The summed E-state index contributed by atoms with van der Waals surface area (Å²) in [7, 11) is 1.55. The van der Waals surface area contributed by atoms with Crippen LogP contribution in [0, 0.1) is 0 Å². The number of carbonyl (C=O) groups excluding carboxylic acids is 1. The largest absolute Gasteiger partial charge is 0.468 e. The van der Waals surface area contributed by atoms with Crippen LogP contribution in [0.5, 0.6) is 6.01 Å². The zero-order valence-corrected chi connectivity index (χ0v) is 10.4. The van der Waals surface area contributed by atoms with Gasteiger partial charge in [0.25, 0.3) is 6.01 Å². The number of benzene rings is 2. The lowest BCUT2D eigenvalue weighted by Gasteiger charge is -2.00. The number of imidazole rings is 1. The number of ketones is 1. The number of aromatic amines is 1. The van der Waals surface area contributed by atoms with E-state index in [4.69, 9.17) is 4.74 Å². The molecule has 0 aliphatic heterocycles. The predicted octanol–water partition coefficient (Wildman–Crippen LogP) is 2.80. The summed E-state index contributed by atoms with van der Waals surface area (Å²) in [6, 6.07) is 15.0. The van der Waals surface area contributed by atoms with Gasteiger partial charge in [-0.05, 0) is 18.2 Å². The number of fused-ring (bicyclic) bond motifs is 1. The number of carbonyl (C=O) groups is 1. The van der Waals surface area contributed by atoms with Crippen LogP contribution in [0.25, 0.3) is 11.0 Å². The number of H-pyrrole nitrogens is 1. The number of rotatable bonds is 3. The molecule has 0 fully saturated rings. The second-order valence-corrected chi connectivity index (χ2v) is 4.17. The number of aromatic nitrogens is 2. The third-order valence-corrected chi connectivity index (χ3v) is 2.95. The second kappa shape index (κ2) is 4.57. The second-order valence-electron chi connectivity index (χ2n) is 4.17. The van der Waals surface area contributed by atoms with Crippen LogP contribution in [0.3, 0.4) is 0 Å². The Morgan fingerprint density at radius 1 is 1.11 bits per heavy atom. The molecular formula is C15H12N2O2. The van der Waals surface area contributed by atoms with Gasteiger partial charge in [-0.2, -0.15) is 4.98 Å². The van der Waals surface area contributed by atoms with Crippen LogP contribution in [-0.2, 0) is 0 Å². The van der Waals surface area contributed by atoms with Crippen molar-refractivity contribution in [2.24, 2.45) is 0 Å². The van der Waals surface area contributed by atoms with Crippen molar-refractivity contribution < 1.29 is 9.53 Å². The third-order valence-electron chi connectivity index (χ3n) is 2.95. The van der Waals surface area contributed by atoms with Crippen molar-refractivity contribution >= 4 is 16.8 Å². The minimum absolute atomic E-state index is 0.00364. The molecule has 0 saturated carbocycles. The molecule has 4 nitrogen and oxygen atoms in total. The average Bonchev–Trinajstić information content (AvgIpc) is 2.89. The lowest BCUT2D eigenvalue weighted by atomic mass is 10.0. The Morgan fingerprint density at radius 3 is 2.63 bits per heavy atom. The van der Waals surface area contributed by atoms with Crippen LogP contribution in [0.15, 0.2) is 48.5 Å². The molecule has 0 radical (unpaired) electrons. The first-order chi connectivity index (χ1) is 9.28. The van der Waals surface area contributed by atoms with Gasteiger partial charge in [0.1, 0.15) is 0 Å². The minimum atomic E-state index is -0.00364. The molecule has 3 rings (SSSR count). The monoisotopic (exact) mass is 252 g/mol. The van der Waals surface area contributed by atoms with Crippen molar-refractivity contribution in [3.05, 3.63) is 59.7 Å². The summed E-state index contributed by atoms with van der Waals surface area (Å²) >= 11 is 0. The maximum atomic E-state index is 12.3. The summed E-state index contributed by atoms with van der Waals surface area (Å²) in [5.41, 5.74) is 2.87. The van der Waals surface area contributed by atoms with E-state index < -0.39 is 0 Å². The first-order valence-electron chi connectivity index (χ1n) is 5.91. The van der Waals surface area contributed by atoms with Crippen LogP contribution >= 0.6 is 0 Å². The summed E-state index contributed by atoms with van der Waals surface area (Å²) in [5.74, 6) is -0.00364. The highest BCUT2D eigenvalue weighted by Crippen LogP contribution is 2.19. The molecule has 94 valence electrons. The number of methoxy groups -OCH3 is 1. The topological polar surface area (TPSA) is 55.0 Å². The molecule has 0 saturated heterocycles. The van der Waals surface area contributed by atoms with Gasteiger partial charge in [-0.25, -0.2) is 0 Å². The van der Waals surface area contributed by atoms with E-state index in [0.717, 1.165) is 11.0 Å². The normalized spacial score (nSPS) is 10.6. The maximum Gasteiger partial charge on any atom is 0.294 e. The first kappa shape index (κ1) is 11.5. The predicted molar refractivity (Wildman–Crippen MR) is 72.5 cm³/mol. The Hall–Kier alpha value is -2.62. The van der Waals surface area contributed by atoms with Gasteiger partial charge < -0.3 is 9.72 Å². The van der Waals surface area contributed by atoms with E-state index in [1.807, 2.05) is 24.3 Å². The zero-order valence-electron chi connectivity index (χ0n) is 10.4. The van der Waals surface area contributed by atoms with Gasteiger partial charge in [0.15, 0.2) is 5.78 Å². The lowest BCUT2D eigenvalue weighted by molar-refractivity contribution is 0.103. The number of hydrogen-bond acceptors (Lipinski definition) is 3. The lowest BCUT2D eigenvalue weighted by Crippen LogP contribution is -2.00. The first-order valence-corrected chi connectivity index (χ1v) is 5.91.